The molecule has 9 nitrogen and oxygen atoms in total. The first-order chi connectivity index (χ1) is 17.2. The van der Waals surface area contributed by atoms with Crippen LogP contribution in [0.25, 0.3) is 10.9 Å². The molecule has 2 fully saturated rings. The van der Waals surface area contributed by atoms with Gasteiger partial charge in [-0.15, -0.1) is 0 Å². The average molecular weight is 497 g/mol. The summed E-state index contributed by atoms with van der Waals surface area (Å²) in [6, 6.07) is 6.37. The molecule has 1 aliphatic carbocycles. The fourth-order valence-electron chi connectivity index (χ4n) is 5.48. The molecule has 0 radical (unpaired) electrons. The lowest BCUT2D eigenvalue weighted by Gasteiger charge is -2.27. The first kappa shape index (κ1) is 25.7. The number of nitrogens with one attached hydrogen (secondary N) is 4. The van der Waals surface area contributed by atoms with Crippen molar-refractivity contribution < 1.29 is 23.9 Å². The van der Waals surface area contributed by atoms with Crippen molar-refractivity contribution in [3.63, 3.8) is 0 Å². The van der Waals surface area contributed by atoms with E-state index in [2.05, 4.69) is 20.9 Å². The molecule has 1 saturated heterocycles. The van der Waals surface area contributed by atoms with Gasteiger partial charge in [0.15, 0.2) is 5.78 Å². The summed E-state index contributed by atoms with van der Waals surface area (Å²) in [4.78, 5) is 55.2. The number of amides is 3. The Kier molecular flexibility index (Phi) is 7.38. The van der Waals surface area contributed by atoms with Crippen LogP contribution >= 0.6 is 0 Å². The number of hydrogen-bond acceptors (Lipinski definition) is 5. The SMILES string of the molecule is CCC(=O)C1(NC(=O)[C@H](CC(C)C)NC(=O)c2cc3c(OC)cccc3[nH]2)CC1[C@@H]1CCCNC1=O. The van der Waals surface area contributed by atoms with E-state index in [1.54, 1.807) is 20.1 Å². The van der Waals surface area contributed by atoms with E-state index in [1.807, 2.05) is 32.0 Å². The van der Waals surface area contributed by atoms with Crippen LogP contribution in [-0.4, -0.2) is 53.7 Å². The third-order valence-corrected chi connectivity index (χ3v) is 7.41. The van der Waals surface area contributed by atoms with E-state index in [1.165, 1.54) is 0 Å². The van der Waals surface area contributed by atoms with Gasteiger partial charge < -0.3 is 25.7 Å². The van der Waals surface area contributed by atoms with E-state index >= 15 is 0 Å². The topological polar surface area (TPSA) is 129 Å². The van der Waals surface area contributed by atoms with Crippen molar-refractivity contribution in [2.75, 3.05) is 13.7 Å². The van der Waals surface area contributed by atoms with E-state index in [9.17, 15) is 19.2 Å². The molecule has 1 aromatic carbocycles. The predicted molar refractivity (Wildman–Crippen MR) is 136 cm³/mol. The zero-order valence-corrected chi connectivity index (χ0v) is 21.4. The van der Waals surface area contributed by atoms with Gasteiger partial charge in [0, 0.05) is 35.7 Å². The summed E-state index contributed by atoms with van der Waals surface area (Å²) < 4.78 is 5.38. The lowest BCUT2D eigenvalue weighted by atomic mass is 9.89. The third kappa shape index (κ3) is 4.96. The molecule has 1 aliphatic heterocycles. The van der Waals surface area contributed by atoms with Crippen LogP contribution in [-0.2, 0) is 14.4 Å². The number of aromatic nitrogens is 1. The van der Waals surface area contributed by atoms with Gasteiger partial charge in [0.25, 0.3) is 5.91 Å². The van der Waals surface area contributed by atoms with Crippen molar-refractivity contribution in [2.45, 2.75) is 64.5 Å². The number of aromatic amines is 1. The Bertz CT molecular complexity index is 1170. The van der Waals surface area contributed by atoms with Crippen molar-refractivity contribution in [1.82, 2.24) is 20.9 Å². The first-order valence-corrected chi connectivity index (χ1v) is 12.8. The van der Waals surface area contributed by atoms with Crippen LogP contribution in [0, 0.1) is 17.8 Å². The maximum Gasteiger partial charge on any atom is 0.268 e. The largest absolute Gasteiger partial charge is 0.496 e. The lowest BCUT2D eigenvalue weighted by molar-refractivity contribution is -0.132. The van der Waals surface area contributed by atoms with Gasteiger partial charge >= 0.3 is 0 Å². The summed E-state index contributed by atoms with van der Waals surface area (Å²) in [5.41, 5.74) is 0.0293. The molecule has 3 amide bonds. The van der Waals surface area contributed by atoms with Crippen LogP contribution in [0.15, 0.2) is 24.3 Å². The Balaban J connectivity index is 1.52. The van der Waals surface area contributed by atoms with Gasteiger partial charge in [0.2, 0.25) is 11.8 Å². The number of carbonyl (C=O) groups is 4. The standard InChI is InChI=1S/C27H36N4O5/c1-5-23(32)27(14-18(27)16-8-7-11-28-24(16)33)31-26(35)20(12-15(2)3)30-25(34)21-13-17-19(29-21)9-6-10-22(17)36-4/h6,9-10,13,15-16,18,20,29H,5,7-8,11-12,14H2,1-4H3,(H,28,33)(H,30,34)(H,31,35)/t16-,18?,20-,27?/m0/s1. The summed E-state index contributed by atoms with van der Waals surface area (Å²) in [5, 5.41) is 9.49. The highest BCUT2D eigenvalue weighted by Gasteiger charge is 2.64. The van der Waals surface area contributed by atoms with Gasteiger partial charge in [-0.2, -0.15) is 0 Å². The minimum atomic E-state index is -1.04. The summed E-state index contributed by atoms with van der Waals surface area (Å²) in [7, 11) is 1.57. The molecular formula is C27H36N4O5. The number of carbonyl (C=O) groups excluding carboxylic acids is 4. The Hall–Kier alpha value is -3.36. The predicted octanol–water partition coefficient (Wildman–Crippen LogP) is 2.70. The Labute approximate surface area is 211 Å². The molecular weight excluding hydrogens is 460 g/mol. The molecule has 2 heterocycles. The highest BCUT2D eigenvalue weighted by atomic mass is 16.5. The minimum Gasteiger partial charge on any atom is -0.496 e. The van der Waals surface area contributed by atoms with Crippen molar-refractivity contribution >= 4 is 34.4 Å². The highest BCUT2D eigenvalue weighted by Crippen LogP contribution is 2.51. The number of benzene rings is 1. The fraction of sp³-hybridized carbons (Fsp3) is 0.556. The van der Waals surface area contributed by atoms with Crippen molar-refractivity contribution in [2.24, 2.45) is 17.8 Å². The molecule has 194 valence electrons. The van der Waals surface area contributed by atoms with Gasteiger partial charge in [-0.3, -0.25) is 19.2 Å². The van der Waals surface area contributed by atoms with Crippen molar-refractivity contribution in [1.29, 1.82) is 0 Å². The Morgan fingerprint density at radius 3 is 2.69 bits per heavy atom. The van der Waals surface area contributed by atoms with Crippen LogP contribution < -0.4 is 20.7 Å². The maximum absolute atomic E-state index is 13.5. The van der Waals surface area contributed by atoms with Crippen LogP contribution in [0.5, 0.6) is 5.75 Å². The van der Waals surface area contributed by atoms with Gasteiger partial charge in [-0.25, -0.2) is 0 Å². The second-order valence-electron chi connectivity index (χ2n) is 10.3. The molecule has 1 aromatic heterocycles. The van der Waals surface area contributed by atoms with Crippen molar-refractivity contribution in [3.8, 4) is 5.75 Å². The smallest absolute Gasteiger partial charge is 0.268 e. The second-order valence-corrected chi connectivity index (χ2v) is 10.3. The molecule has 9 heteroatoms. The summed E-state index contributed by atoms with van der Waals surface area (Å²) in [5.74, 6) is -0.661. The van der Waals surface area contributed by atoms with E-state index in [0.29, 0.717) is 37.3 Å². The number of hydrogen-bond donors (Lipinski definition) is 4. The number of H-pyrrole nitrogens is 1. The fourth-order valence-corrected chi connectivity index (χ4v) is 5.48. The minimum absolute atomic E-state index is 0.0486. The van der Waals surface area contributed by atoms with Gasteiger partial charge in [0.1, 0.15) is 23.0 Å². The quantitative estimate of drug-likeness (QED) is 0.402. The zero-order chi connectivity index (χ0) is 26.0. The number of fused-ring (bicyclic) bond motifs is 1. The first-order valence-electron chi connectivity index (χ1n) is 12.8. The van der Waals surface area contributed by atoms with Crippen LogP contribution in [0.2, 0.25) is 0 Å². The molecule has 2 aliphatic rings. The zero-order valence-electron chi connectivity index (χ0n) is 21.4. The molecule has 4 N–H and O–H groups in total. The number of Topliss-reactive ketones (excluding diaryl/α,β-unsaturated/α-hetero) is 1. The third-order valence-electron chi connectivity index (χ3n) is 7.41. The van der Waals surface area contributed by atoms with Gasteiger partial charge in [0.05, 0.1) is 7.11 Å². The molecule has 0 spiro atoms. The molecule has 2 aromatic rings. The maximum atomic E-state index is 13.5. The van der Waals surface area contributed by atoms with E-state index in [4.69, 9.17) is 4.74 Å². The van der Waals surface area contributed by atoms with Gasteiger partial charge in [-0.05, 0) is 49.8 Å². The van der Waals surface area contributed by atoms with Gasteiger partial charge in [-0.1, -0.05) is 26.8 Å². The normalized spacial score (nSPS) is 24.2. The average Bonchev–Trinajstić information content (AvgIpc) is 3.39. The summed E-state index contributed by atoms with van der Waals surface area (Å²) in [6.45, 7) is 6.36. The summed E-state index contributed by atoms with van der Waals surface area (Å²) in [6.07, 6.45) is 2.70. The molecule has 2 unspecified atom stereocenters. The Morgan fingerprint density at radius 2 is 2.03 bits per heavy atom. The molecule has 4 atom stereocenters. The van der Waals surface area contributed by atoms with E-state index < -0.39 is 23.4 Å². The molecule has 0 bridgehead atoms. The van der Waals surface area contributed by atoms with E-state index in [0.717, 1.165) is 17.3 Å². The van der Waals surface area contributed by atoms with E-state index in [-0.39, 0.29) is 35.9 Å². The second kappa shape index (κ2) is 10.3. The number of piperidine rings is 1. The summed E-state index contributed by atoms with van der Waals surface area (Å²) >= 11 is 0. The van der Waals surface area contributed by atoms with Crippen molar-refractivity contribution in [3.05, 3.63) is 30.0 Å². The van der Waals surface area contributed by atoms with Crippen LogP contribution in [0.1, 0.15) is 63.4 Å². The lowest BCUT2D eigenvalue weighted by Crippen LogP contribution is -2.55. The number of ether oxygens (including phenoxy) is 1. The molecule has 36 heavy (non-hydrogen) atoms. The number of rotatable bonds is 10. The van der Waals surface area contributed by atoms with Crippen LogP contribution in [0.4, 0.5) is 0 Å². The van der Waals surface area contributed by atoms with Crippen LogP contribution in [0.3, 0.4) is 0 Å². The Morgan fingerprint density at radius 1 is 1.25 bits per heavy atom. The molecule has 1 saturated carbocycles. The number of ketones is 1. The molecule has 4 rings (SSSR count). The monoisotopic (exact) mass is 496 g/mol. The highest BCUT2D eigenvalue weighted by molar-refractivity contribution is 6.03. The number of methoxy groups -OCH3 is 1.